The summed E-state index contributed by atoms with van der Waals surface area (Å²) in [6.45, 7) is 7.37. The zero-order chi connectivity index (χ0) is 19.0. The average Bonchev–Trinajstić information content (AvgIpc) is 3.21. The monoisotopic (exact) mass is 524 g/mol. The van der Waals surface area contributed by atoms with Crippen LogP contribution in [0, 0.1) is 0 Å². The van der Waals surface area contributed by atoms with Crippen LogP contribution in [0.25, 0.3) is 0 Å². The lowest BCUT2D eigenvalue weighted by molar-refractivity contribution is 0.0389. The van der Waals surface area contributed by atoms with Crippen LogP contribution in [0.1, 0.15) is 31.4 Å². The Morgan fingerprint density at radius 1 is 1.14 bits per heavy atom. The molecule has 0 radical (unpaired) electrons. The molecule has 6 nitrogen and oxygen atoms in total. The normalized spacial score (nSPS) is 15.2. The Kier molecular flexibility index (Phi) is 15.9. The molecule has 8 heteroatoms. The van der Waals surface area contributed by atoms with Gasteiger partial charge in [0.25, 0.3) is 0 Å². The molecule has 1 aromatic rings. The summed E-state index contributed by atoms with van der Waals surface area (Å²) in [6, 6.07) is 3.95. The number of hydrogen-bond acceptors (Lipinski definition) is 5. The Morgan fingerprint density at radius 2 is 1.93 bits per heavy atom. The third-order valence-corrected chi connectivity index (χ3v) is 5.29. The molecule has 2 rings (SSSR count). The molecule has 0 amide bonds. The first-order valence-electron chi connectivity index (χ1n) is 10.2. The van der Waals surface area contributed by atoms with Crippen molar-refractivity contribution in [2.45, 2.75) is 32.1 Å². The minimum absolute atomic E-state index is 0. The molecule has 0 aromatic carbocycles. The fraction of sp³-hybridized carbons (Fsp3) is 0.750. The Morgan fingerprint density at radius 3 is 2.68 bits per heavy atom. The van der Waals surface area contributed by atoms with E-state index in [1.54, 1.807) is 6.26 Å². The first kappa shape index (κ1) is 25.6. The molecule has 0 bridgehead atoms. The van der Waals surface area contributed by atoms with E-state index in [4.69, 9.17) is 14.1 Å². The molecule has 162 valence electrons. The molecule has 1 aliphatic heterocycles. The van der Waals surface area contributed by atoms with Gasteiger partial charge in [0, 0.05) is 45.7 Å². The summed E-state index contributed by atoms with van der Waals surface area (Å²) in [5.74, 6) is 3.19. The highest BCUT2D eigenvalue weighted by atomic mass is 127. The second-order valence-electron chi connectivity index (χ2n) is 6.77. The summed E-state index contributed by atoms with van der Waals surface area (Å²) in [6.07, 6.45) is 9.81. The Hall–Kier alpha value is -0.450. The van der Waals surface area contributed by atoms with E-state index in [1.165, 1.54) is 25.0 Å². The van der Waals surface area contributed by atoms with Crippen LogP contribution in [0.2, 0.25) is 0 Å². The van der Waals surface area contributed by atoms with E-state index in [1.807, 2.05) is 23.9 Å². The smallest absolute Gasteiger partial charge is 0.191 e. The molecular weight excluding hydrogens is 487 g/mol. The van der Waals surface area contributed by atoms with Crippen molar-refractivity contribution in [3.05, 3.63) is 24.2 Å². The SMILES string of the molecule is CSCCCCCCN=C(NCCc1ccco1)NCCN1CCOCC1.I. The number of rotatable bonds is 13. The van der Waals surface area contributed by atoms with Gasteiger partial charge in [0.2, 0.25) is 0 Å². The van der Waals surface area contributed by atoms with Crippen molar-refractivity contribution in [3.8, 4) is 0 Å². The molecule has 28 heavy (non-hydrogen) atoms. The number of morpholine rings is 1. The molecule has 1 saturated heterocycles. The molecule has 0 aliphatic carbocycles. The summed E-state index contributed by atoms with van der Waals surface area (Å²) in [5.41, 5.74) is 0. The third-order valence-electron chi connectivity index (χ3n) is 4.59. The fourth-order valence-corrected chi connectivity index (χ4v) is 3.49. The number of thioether (sulfide) groups is 1. The van der Waals surface area contributed by atoms with Crippen LogP contribution >= 0.6 is 35.7 Å². The minimum atomic E-state index is 0. The van der Waals surface area contributed by atoms with Crippen molar-refractivity contribution in [2.24, 2.45) is 4.99 Å². The van der Waals surface area contributed by atoms with E-state index in [-0.39, 0.29) is 24.0 Å². The number of nitrogens with zero attached hydrogens (tertiary/aromatic N) is 2. The summed E-state index contributed by atoms with van der Waals surface area (Å²) >= 11 is 1.93. The lowest BCUT2D eigenvalue weighted by atomic mass is 10.2. The second kappa shape index (κ2) is 17.4. The maximum atomic E-state index is 5.41. The van der Waals surface area contributed by atoms with Crippen LogP contribution in [0.3, 0.4) is 0 Å². The second-order valence-corrected chi connectivity index (χ2v) is 7.76. The minimum Gasteiger partial charge on any atom is -0.469 e. The topological polar surface area (TPSA) is 62.0 Å². The summed E-state index contributed by atoms with van der Waals surface area (Å²) < 4.78 is 10.8. The first-order chi connectivity index (χ1) is 13.4. The van der Waals surface area contributed by atoms with Crippen molar-refractivity contribution >= 4 is 41.7 Å². The molecule has 2 heterocycles. The highest BCUT2D eigenvalue weighted by Gasteiger charge is 2.09. The zero-order valence-electron chi connectivity index (χ0n) is 17.2. The van der Waals surface area contributed by atoms with Gasteiger partial charge >= 0.3 is 0 Å². The van der Waals surface area contributed by atoms with Gasteiger partial charge in [-0.1, -0.05) is 12.8 Å². The van der Waals surface area contributed by atoms with Gasteiger partial charge in [0.1, 0.15) is 5.76 Å². The van der Waals surface area contributed by atoms with Gasteiger partial charge in [-0.15, -0.1) is 24.0 Å². The van der Waals surface area contributed by atoms with Gasteiger partial charge < -0.3 is 19.8 Å². The number of guanidine groups is 1. The van der Waals surface area contributed by atoms with Gasteiger partial charge in [0.05, 0.1) is 19.5 Å². The predicted molar refractivity (Wildman–Crippen MR) is 130 cm³/mol. The van der Waals surface area contributed by atoms with Crippen LogP contribution in [0.15, 0.2) is 27.8 Å². The van der Waals surface area contributed by atoms with Gasteiger partial charge in [0.15, 0.2) is 5.96 Å². The van der Waals surface area contributed by atoms with E-state index in [9.17, 15) is 0 Å². The van der Waals surface area contributed by atoms with Crippen LogP contribution in [-0.2, 0) is 11.2 Å². The van der Waals surface area contributed by atoms with E-state index >= 15 is 0 Å². The highest BCUT2D eigenvalue weighted by Crippen LogP contribution is 2.04. The molecule has 1 aromatic heterocycles. The van der Waals surface area contributed by atoms with Crippen LogP contribution < -0.4 is 10.6 Å². The number of ether oxygens (including phenoxy) is 1. The quantitative estimate of drug-likeness (QED) is 0.179. The summed E-state index contributed by atoms with van der Waals surface area (Å²) in [7, 11) is 0. The molecule has 0 spiro atoms. The molecule has 0 saturated carbocycles. The molecule has 1 fully saturated rings. The summed E-state index contributed by atoms with van der Waals surface area (Å²) in [4.78, 5) is 7.19. The van der Waals surface area contributed by atoms with Gasteiger partial charge in [-0.25, -0.2) is 0 Å². The number of aliphatic imine (C=N–C) groups is 1. The number of hydrogen-bond donors (Lipinski definition) is 2. The van der Waals surface area contributed by atoms with E-state index < -0.39 is 0 Å². The molecule has 2 N–H and O–H groups in total. The third kappa shape index (κ3) is 12.2. The Balaban J connectivity index is 0.00000392. The largest absolute Gasteiger partial charge is 0.469 e. The number of nitrogens with one attached hydrogen (secondary N) is 2. The fourth-order valence-electron chi connectivity index (χ4n) is 2.99. The van der Waals surface area contributed by atoms with E-state index in [0.29, 0.717) is 0 Å². The van der Waals surface area contributed by atoms with Crippen LogP contribution in [-0.4, -0.2) is 75.4 Å². The first-order valence-corrected chi connectivity index (χ1v) is 11.6. The number of unbranched alkanes of at least 4 members (excludes halogenated alkanes) is 3. The van der Waals surface area contributed by atoms with Gasteiger partial charge in [-0.2, -0.15) is 11.8 Å². The average molecular weight is 525 g/mol. The van der Waals surface area contributed by atoms with Gasteiger partial charge in [-0.3, -0.25) is 9.89 Å². The van der Waals surface area contributed by atoms with Crippen molar-refractivity contribution in [1.29, 1.82) is 0 Å². The lowest BCUT2D eigenvalue weighted by Crippen LogP contribution is -2.44. The maximum Gasteiger partial charge on any atom is 0.191 e. The molecular formula is C20H37IN4O2S. The van der Waals surface area contributed by atoms with Crippen LogP contribution in [0.4, 0.5) is 0 Å². The van der Waals surface area contributed by atoms with Crippen molar-refractivity contribution < 1.29 is 9.15 Å². The lowest BCUT2D eigenvalue weighted by Gasteiger charge is -2.26. The highest BCUT2D eigenvalue weighted by molar-refractivity contribution is 14.0. The maximum absolute atomic E-state index is 5.41. The van der Waals surface area contributed by atoms with Crippen molar-refractivity contribution in [2.75, 3.05) is 64.5 Å². The van der Waals surface area contributed by atoms with Crippen molar-refractivity contribution in [1.82, 2.24) is 15.5 Å². The van der Waals surface area contributed by atoms with Gasteiger partial charge in [-0.05, 0) is 37.0 Å². The Bertz CT molecular complexity index is 496. The number of furan rings is 1. The van der Waals surface area contributed by atoms with Crippen LogP contribution in [0.5, 0.6) is 0 Å². The zero-order valence-corrected chi connectivity index (χ0v) is 20.3. The van der Waals surface area contributed by atoms with Crippen molar-refractivity contribution in [3.63, 3.8) is 0 Å². The summed E-state index contributed by atoms with van der Waals surface area (Å²) in [5, 5.41) is 6.92. The Labute approximate surface area is 191 Å². The van der Waals surface area contributed by atoms with E-state index in [0.717, 1.165) is 77.0 Å². The predicted octanol–water partition coefficient (Wildman–Crippen LogP) is 3.23. The molecule has 1 aliphatic rings. The molecule has 0 atom stereocenters. The molecule has 0 unspecified atom stereocenters. The number of halogens is 1. The standard InChI is InChI=1S/C20H36N4O2S.HI/c1-27-18-5-3-2-4-9-21-20(22-10-8-19-7-6-15-26-19)23-11-12-24-13-16-25-17-14-24;/h6-7,15H,2-5,8-14,16-18H2,1H3,(H2,21,22,23);1H. The van der Waals surface area contributed by atoms with E-state index in [2.05, 4.69) is 21.8 Å².